The Labute approximate surface area is 122 Å². The first-order chi connectivity index (χ1) is 10.1. The van der Waals surface area contributed by atoms with Crippen molar-refractivity contribution in [2.24, 2.45) is 0 Å². The second-order valence-electron chi connectivity index (χ2n) is 4.13. The van der Waals surface area contributed by atoms with Gasteiger partial charge in [0.1, 0.15) is 17.5 Å². The Hall–Kier alpha value is -2.54. The third-order valence-corrected chi connectivity index (χ3v) is 3.47. The molecule has 2 rings (SSSR count). The fraction of sp³-hybridized carbons (Fsp3) is 0.167. The molecule has 0 aliphatic heterocycles. The summed E-state index contributed by atoms with van der Waals surface area (Å²) in [4.78, 5) is 0. The summed E-state index contributed by atoms with van der Waals surface area (Å²) in [7, 11) is -5.84. The van der Waals surface area contributed by atoms with Crippen LogP contribution in [0.4, 0.5) is 13.2 Å². The van der Waals surface area contributed by atoms with Crippen molar-refractivity contribution in [1.82, 2.24) is 5.16 Å². The van der Waals surface area contributed by atoms with E-state index < -0.39 is 21.4 Å². The van der Waals surface area contributed by atoms with Gasteiger partial charge in [0.05, 0.1) is 5.56 Å². The number of alkyl halides is 3. The number of nitrogens with zero attached hydrogens (tertiary/aromatic N) is 2. The number of nitriles is 1. The van der Waals surface area contributed by atoms with Gasteiger partial charge in [0.25, 0.3) is 0 Å². The zero-order chi connectivity index (χ0) is 16.5. The monoisotopic (exact) mass is 332 g/mol. The first-order valence-corrected chi connectivity index (χ1v) is 7.03. The van der Waals surface area contributed by atoms with Crippen molar-refractivity contribution >= 4 is 10.1 Å². The number of benzene rings is 1. The molecule has 22 heavy (non-hydrogen) atoms. The zero-order valence-electron chi connectivity index (χ0n) is 10.9. The lowest BCUT2D eigenvalue weighted by atomic mass is 10.1. The van der Waals surface area contributed by atoms with Gasteiger partial charge >= 0.3 is 15.6 Å². The van der Waals surface area contributed by atoms with Crippen LogP contribution in [0.5, 0.6) is 5.75 Å². The Morgan fingerprint density at radius 2 is 2.00 bits per heavy atom. The standard InChI is InChI=1S/C12H7F3N2O4S/c1-7-4-10(17-20-7)8-2-3-11(9(5-8)6-16)21-22(18,19)12(13,14)15/h2-5H,1H3. The van der Waals surface area contributed by atoms with E-state index in [1.807, 2.05) is 0 Å². The Bertz CT molecular complexity index is 850. The van der Waals surface area contributed by atoms with Crippen LogP contribution in [0.3, 0.4) is 0 Å². The van der Waals surface area contributed by atoms with E-state index in [9.17, 15) is 21.6 Å². The number of aromatic nitrogens is 1. The number of hydrogen-bond acceptors (Lipinski definition) is 6. The van der Waals surface area contributed by atoms with Crippen LogP contribution < -0.4 is 4.18 Å². The summed E-state index contributed by atoms with van der Waals surface area (Å²) in [5.74, 6) is -0.225. The molecule has 1 heterocycles. The molecule has 0 radical (unpaired) electrons. The summed E-state index contributed by atoms with van der Waals surface area (Å²) in [5.41, 5.74) is -5.25. The van der Waals surface area contributed by atoms with Crippen molar-refractivity contribution in [2.75, 3.05) is 0 Å². The average molecular weight is 332 g/mol. The van der Waals surface area contributed by atoms with Gasteiger partial charge < -0.3 is 8.71 Å². The maximum atomic E-state index is 12.3. The lowest BCUT2D eigenvalue weighted by Gasteiger charge is -2.10. The molecule has 1 aromatic carbocycles. The highest BCUT2D eigenvalue weighted by Crippen LogP contribution is 2.31. The number of halogens is 3. The molecule has 116 valence electrons. The highest BCUT2D eigenvalue weighted by atomic mass is 32.2. The van der Waals surface area contributed by atoms with Crippen molar-refractivity contribution in [1.29, 1.82) is 5.26 Å². The van der Waals surface area contributed by atoms with Gasteiger partial charge in [0.15, 0.2) is 5.75 Å². The van der Waals surface area contributed by atoms with Crippen molar-refractivity contribution < 1.29 is 30.3 Å². The third-order valence-electron chi connectivity index (χ3n) is 2.51. The van der Waals surface area contributed by atoms with Crippen LogP contribution in [-0.4, -0.2) is 19.1 Å². The maximum Gasteiger partial charge on any atom is 0.534 e. The topological polar surface area (TPSA) is 93.2 Å². The normalized spacial score (nSPS) is 12.0. The van der Waals surface area contributed by atoms with Gasteiger partial charge in [0, 0.05) is 11.6 Å². The van der Waals surface area contributed by atoms with Crippen molar-refractivity contribution in [3.05, 3.63) is 35.6 Å². The van der Waals surface area contributed by atoms with Crippen LogP contribution in [0.15, 0.2) is 28.8 Å². The number of hydrogen-bond donors (Lipinski definition) is 0. The molecule has 0 bridgehead atoms. The minimum atomic E-state index is -5.84. The maximum absolute atomic E-state index is 12.3. The lowest BCUT2D eigenvalue weighted by molar-refractivity contribution is -0.0500. The second-order valence-corrected chi connectivity index (χ2v) is 5.67. The van der Waals surface area contributed by atoms with E-state index in [2.05, 4.69) is 9.34 Å². The van der Waals surface area contributed by atoms with Crippen LogP contribution >= 0.6 is 0 Å². The van der Waals surface area contributed by atoms with Crippen molar-refractivity contribution in [3.8, 4) is 23.1 Å². The second kappa shape index (κ2) is 5.34. The van der Waals surface area contributed by atoms with E-state index in [1.54, 1.807) is 19.1 Å². The highest BCUT2D eigenvalue weighted by molar-refractivity contribution is 7.88. The van der Waals surface area contributed by atoms with E-state index in [4.69, 9.17) is 9.78 Å². The van der Waals surface area contributed by atoms with E-state index >= 15 is 0 Å². The minimum Gasteiger partial charge on any atom is -0.375 e. The first kappa shape index (κ1) is 15.8. The molecule has 2 aromatic rings. The smallest absolute Gasteiger partial charge is 0.375 e. The molecule has 0 saturated carbocycles. The molecule has 1 aromatic heterocycles. The van der Waals surface area contributed by atoms with E-state index in [0.29, 0.717) is 17.0 Å². The zero-order valence-corrected chi connectivity index (χ0v) is 11.7. The molecular formula is C12H7F3N2O4S. The van der Waals surface area contributed by atoms with Crippen molar-refractivity contribution in [2.45, 2.75) is 12.4 Å². The van der Waals surface area contributed by atoms with Crippen LogP contribution in [0, 0.1) is 18.3 Å². The van der Waals surface area contributed by atoms with E-state index in [0.717, 1.165) is 12.1 Å². The number of rotatable bonds is 3. The Balaban J connectivity index is 2.42. The van der Waals surface area contributed by atoms with Gasteiger partial charge in [-0.05, 0) is 25.1 Å². The summed E-state index contributed by atoms with van der Waals surface area (Å²) >= 11 is 0. The van der Waals surface area contributed by atoms with Gasteiger partial charge in [0.2, 0.25) is 0 Å². The first-order valence-electron chi connectivity index (χ1n) is 5.62. The fourth-order valence-electron chi connectivity index (χ4n) is 1.52. The summed E-state index contributed by atoms with van der Waals surface area (Å²) in [6.45, 7) is 1.63. The summed E-state index contributed by atoms with van der Waals surface area (Å²) in [6.07, 6.45) is 0. The van der Waals surface area contributed by atoms with Gasteiger partial charge in [-0.3, -0.25) is 0 Å². The fourth-order valence-corrected chi connectivity index (χ4v) is 1.99. The predicted molar refractivity (Wildman–Crippen MR) is 67.0 cm³/mol. The molecular weight excluding hydrogens is 325 g/mol. The SMILES string of the molecule is Cc1cc(-c2ccc(OS(=O)(=O)C(F)(F)F)c(C#N)c2)no1. The van der Waals surface area contributed by atoms with E-state index in [1.165, 1.54) is 6.07 Å². The molecule has 0 aliphatic rings. The van der Waals surface area contributed by atoms with Gasteiger partial charge in [-0.1, -0.05) is 5.16 Å². The Morgan fingerprint density at radius 3 is 2.50 bits per heavy atom. The minimum absolute atomic E-state index is 0.347. The van der Waals surface area contributed by atoms with E-state index in [-0.39, 0.29) is 5.56 Å². The van der Waals surface area contributed by atoms with Crippen molar-refractivity contribution in [3.63, 3.8) is 0 Å². The molecule has 0 aliphatic carbocycles. The number of aryl methyl sites for hydroxylation is 1. The largest absolute Gasteiger partial charge is 0.534 e. The highest BCUT2D eigenvalue weighted by Gasteiger charge is 2.48. The third kappa shape index (κ3) is 3.04. The lowest BCUT2D eigenvalue weighted by Crippen LogP contribution is -2.28. The quantitative estimate of drug-likeness (QED) is 0.634. The van der Waals surface area contributed by atoms with Crippen LogP contribution in [0.1, 0.15) is 11.3 Å². The predicted octanol–water partition coefficient (Wildman–Crippen LogP) is 2.75. The summed E-state index contributed by atoms with van der Waals surface area (Å²) in [6, 6.07) is 6.48. The molecule has 0 N–H and O–H groups in total. The molecule has 10 heteroatoms. The summed E-state index contributed by atoms with van der Waals surface area (Å²) in [5, 5.41) is 12.6. The van der Waals surface area contributed by atoms with Crippen LogP contribution in [0.2, 0.25) is 0 Å². The molecule has 6 nitrogen and oxygen atoms in total. The van der Waals surface area contributed by atoms with Gasteiger partial charge in [-0.25, -0.2) is 0 Å². The Kier molecular flexibility index (Phi) is 3.85. The average Bonchev–Trinajstić information content (AvgIpc) is 2.84. The molecule has 0 saturated heterocycles. The van der Waals surface area contributed by atoms with Crippen LogP contribution in [0.25, 0.3) is 11.3 Å². The van der Waals surface area contributed by atoms with Crippen LogP contribution in [-0.2, 0) is 10.1 Å². The van der Waals surface area contributed by atoms with Gasteiger partial charge in [-0.2, -0.15) is 26.9 Å². The molecule has 0 atom stereocenters. The molecule has 0 fully saturated rings. The molecule has 0 unspecified atom stereocenters. The summed E-state index contributed by atoms with van der Waals surface area (Å²) < 4.78 is 67.6. The van der Waals surface area contributed by atoms with Gasteiger partial charge in [-0.15, -0.1) is 0 Å². The molecule has 0 spiro atoms. The Morgan fingerprint density at radius 1 is 1.32 bits per heavy atom. The molecule has 0 amide bonds.